The van der Waals surface area contributed by atoms with Gasteiger partial charge < -0.3 is 10.2 Å². The highest BCUT2D eigenvalue weighted by atomic mass is 32.1. The summed E-state index contributed by atoms with van der Waals surface area (Å²) in [6.07, 6.45) is 2.07. The van der Waals surface area contributed by atoms with E-state index in [4.69, 9.17) is 0 Å². The van der Waals surface area contributed by atoms with Gasteiger partial charge in [-0.15, -0.1) is 0 Å². The second-order valence-electron chi connectivity index (χ2n) is 5.15. The van der Waals surface area contributed by atoms with Crippen LogP contribution in [0, 0.1) is 0 Å². The molecule has 104 valence electrons. The van der Waals surface area contributed by atoms with Crippen molar-refractivity contribution >= 4 is 22.9 Å². The molecule has 0 saturated heterocycles. The molecule has 0 bridgehead atoms. The number of amides is 1. The van der Waals surface area contributed by atoms with Crippen molar-refractivity contribution in [2.75, 3.05) is 18.9 Å². The van der Waals surface area contributed by atoms with Crippen LogP contribution in [0.4, 0.5) is 5.69 Å². The Labute approximate surface area is 123 Å². The van der Waals surface area contributed by atoms with Gasteiger partial charge in [0.05, 0.1) is 0 Å². The Bertz CT molecular complexity index is 607. The van der Waals surface area contributed by atoms with Crippen molar-refractivity contribution in [3.63, 3.8) is 0 Å². The van der Waals surface area contributed by atoms with Crippen molar-refractivity contribution in [2.45, 2.75) is 19.4 Å². The molecule has 1 aliphatic heterocycles. The molecule has 20 heavy (non-hydrogen) atoms. The van der Waals surface area contributed by atoms with Gasteiger partial charge in [0.1, 0.15) is 0 Å². The molecule has 1 amide bonds. The summed E-state index contributed by atoms with van der Waals surface area (Å²) in [5.74, 6) is 0.108. The molecule has 1 aliphatic rings. The maximum absolute atomic E-state index is 12.6. The first-order valence-electron chi connectivity index (χ1n) is 6.88. The Morgan fingerprint density at radius 1 is 1.40 bits per heavy atom. The highest BCUT2D eigenvalue weighted by molar-refractivity contribution is 7.07. The van der Waals surface area contributed by atoms with E-state index in [1.165, 1.54) is 11.1 Å². The van der Waals surface area contributed by atoms with Crippen LogP contribution in [-0.4, -0.2) is 24.4 Å². The third-order valence-electron chi connectivity index (χ3n) is 3.67. The SMILES string of the molecule is CN(Cc1ccsc1)C(=O)c1cccc2c1CCCN2. The number of thiophene rings is 1. The second-order valence-corrected chi connectivity index (χ2v) is 5.93. The maximum atomic E-state index is 12.6. The Morgan fingerprint density at radius 2 is 2.30 bits per heavy atom. The number of anilines is 1. The van der Waals surface area contributed by atoms with Gasteiger partial charge in [-0.3, -0.25) is 4.79 Å². The molecular formula is C16H18N2OS. The molecule has 0 fully saturated rings. The molecule has 3 rings (SSSR count). The highest BCUT2D eigenvalue weighted by Crippen LogP contribution is 2.26. The summed E-state index contributed by atoms with van der Waals surface area (Å²) >= 11 is 1.66. The number of benzene rings is 1. The maximum Gasteiger partial charge on any atom is 0.254 e. The van der Waals surface area contributed by atoms with E-state index < -0.39 is 0 Å². The van der Waals surface area contributed by atoms with Crippen LogP contribution in [0.3, 0.4) is 0 Å². The Morgan fingerprint density at radius 3 is 3.10 bits per heavy atom. The fourth-order valence-corrected chi connectivity index (χ4v) is 3.30. The molecule has 1 aromatic carbocycles. The summed E-state index contributed by atoms with van der Waals surface area (Å²) in [4.78, 5) is 14.4. The molecule has 0 radical (unpaired) electrons. The van der Waals surface area contributed by atoms with Gasteiger partial charge in [-0.25, -0.2) is 0 Å². The van der Waals surface area contributed by atoms with Gasteiger partial charge in [0.25, 0.3) is 5.91 Å². The van der Waals surface area contributed by atoms with Crippen molar-refractivity contribution in [3.8, 4) is 0 Å². The van der Waals surface area contributed by atoms with Crippen molar-refractivity contribution in [1.82, 2.24) is 4.90 Å². The van der Waals surface area contributed by atoms with Gasteiger partial charge >= 0.3 is 0 Å². The molecule has 0 aliphatic carbocycles. The topological polar surface area (TPSA) is 32.3 Å². The number of carbonyl (C=O) groups is 1. The van der Waals surface area contributed by atoms with E-state index in [1.807, 2.05) is 24.6 Å². The Balaban J connectivity index is 1.83. The van der Waals surface area contributed by atoms with Crippen molar-refractivity contribution in [1.29, 1.82) is 0 Å². The number of fused-ring (bicyclic) bond motifs is 1. The number of carbonyl (C=O) groups excluding carboxylic acids is 1. The van der Waals surface area contributed by atoms with E-state index in [0.717, 1.165) is 30.6 Å². The van der Waals surface area contributed by atoms with Gasteiger partial charge in [0.2, 0.25) is 0 Å². The lowest BCUT2D eigenvalue weighted by atomic mass is 9.97. The average molecular weight is 286 g/mol. The standard InChI is InChI=1S/C16H18N2OS/c1-18(10-12-7-9-20-11-12)16(19)14-4-2-6-15-13(14)5-3-8-17-15/h2,4,6-7,9,11,17H,3,5,8,10H2,1H3. The number of rotatable bonds is 3. The van der Waals surface area contributed by atoms with Crippen LogP contribution in [0.1, 0.15) is 27.9 Å². The van der Waals surface area contributed by atoms with E-state index in [1.54, 1.807) is 16.2 Å². The molecule has 2 aromatic rings. The molecule has 0 spiro atoms. The molecule has 0 unspecified atom stereocenters. The minimum absolute atomic E-state index is 0.108. The molecule has 0 atom stereocenters. The van der Waals surface area contributed by atoms with Crippen LogP contribution in [0.15, 0.2) is 35.0 Å². The predicted molar refractivity (Wildman–Crippen MR) is 83.4 cm³/mol. The smallest absolute Gasteiger partial charge is 0.254 e. The predicted octanol–water partition coefficient (Wildman–Crippen LogP) is 3.38. The summed E-state index contributed by atoms with van der Waals surface area (Å²) in [7, 11) is 1.87. The number of nitrogens with one attached hydrogen (secondary N) is 1. The van der Waals surface area contributed by atoms with Gasteiger partial charge in [-0.2, -0.15) is 11.3 Å². The third-order valence-corrected chi connectivity index (χ3v) is 4.40. The zero-order chi connectivity index (χ0) is 13.9. The zero-order valence-electron chi connectivity index (χ0n) is 11.6. The van der Waals surface area contributed by atoms with Gasteiger partial charge in [0, 0.05) is 31.4 Å². The summed E-state index contributed by atoms with van der Waals surface area (Å²) < 4.78 is 0. The number of hydrogen-bond acceptors (Lipinski definition) is 3. The van der Waals surface area contributed by atoms with Crippen LogP contribution >= 0.6 is 11.3 Å². The van der Waals surface area contributed by atoms with Crippen LogP contribution in [0.25, 0.3) is 0 Å². The Kier molecular flexibility index (Phi) is 3.74. The summed E-state index contributed by atoms with van der Waals surface area (Å²) in [6, 6.07) is 8.03. The lowest BCUT2D eigenvalue weighted by Crippen LogP contribution is -2.28. The lowest BCUT2D eigenvalue weighted by molar-refractivity contribution is 0.0784. The molecule has 4 heteroatoms. The van der Waals surface area contributed by atoms with Crippen LogP contribution < -0.4 is 5.32 Å². The molecule has 3 nitrogen and oxygen atoms in total. The lowest BCUT2D eigenvalue weighted by Gasteiger charge is -2.23. The molecule has 1 N–H and O–H groups in total. The van der Waals surface area contributed by atoms with E-state index >= 15 is 0 Å². The van der Waals surface area contributed by atoms with Crippen LogP contribution in [0.5, 0.6) is 0 Å². The first-order chi connectivity index (χ1) is 9.75. The minimum atomic E-state index is 0.108. The van der Waals surface area contributed by atoms with E-state index in [9.17, 15) is 4.79 Å². The van der Waals surface area contributed by atoms with Gasteiger partial charge in [0.15, 0.2) is 0 Å². The molecule has 2 heterocycles. The average Bonchev–Trinajstić information content (AvgIpc) is 2.99. The quantitative estimate of drug-likeness (QED) is 0.938. The fourth-order valence-electron chi connectivity index (χ4n) is 2.64. The monoisotopic (exact) mass is 286 g/mol. The van der Waals surface area contributed by atoms with Crippen LogP contribution in [-0.2, 0) is 13.0 Å². The first-order valence-corrected chi connectivity index (χ1v) is 7.82. The minimum Gasteiger partial charge on any atom is -0.385 e. The first kappa shape index (κ1) is 13.2. The molecule has 0 saturated carbocycles. The van der Waals surface area contributed by atoms with E-state index in [2.05, 4.69) is 22.8 Å². The van der Waals surface area contributed by atoms with Crippen LogP contribution in [0.2, 0.25) is 0 Å². The van der Waals surface area contributed by atoms with Crippen molar-refractivity contribution in [2.24, 2.45) is 0 Å². The Hall–Kier alpha value is -1.81. The number of hydrogen-bond donors (Lipinski definition) is 1. The van der Waals surface area contributed by atoms with Gasteiger partial charge in [-0.1, -0.05) is 6.07 Å². The van der Waals surface area contributed by atoms with Crippen molar-refractivity contribution in [3.05, 3.63) is 51.7 Å². The normalized spacial score (nSPS) is 13.4. The molecular weight excluding hydrogens is 268 g/mol. The van der Waals surface area contributed by atoms with E-state index in [-0.39, 0.29) is 5.91 Å². The summed E-state index contributed by atoms with van der Waals surface area (Å²) in [5, 5.41) is 7.51. The summed E-state index contributed by atoms with van der Waals surface area (Å²) in [5.41, 5.74) is 4.31. The third kappa shape index (κ3) is 2.56. The zero-order valence-corrected chi connectivity index (χ0v) is 12.4. The largest absolute Gasteiger partial charge is 0.385 e. The number of nitrogens with zero attached hydrogens (tertiary/aromatic N) is 1. The van der Waals surface area contributed by atoms with Crippen molar-refractivity contribution < 1.29 is 4.79 Å². The fraction of sp³-hybridized carbons (Fsp3) is 0.312. The van der Waals surface area contributed by atoms with Gasteiger partial charge in [-0.05, 0) is 52.9 Å². The van der Waals surface area contributed by atoms with E-state index in [0.29, 0.717) is 6.54 Å². The highest BCUT2D eigenvalue weighted by Gasteiger charge is 2.20. The molecule has 1 aromatic heterocycles. The summed E-state index contributed by atoms with van der Waals surface area (Å²) in [6.45, 7) is 1.66. The second kappa shape index (κ2) is 5.67.